The van der Waals surface area contributed by atoms with Crippen molar-refractivity contribution in [1.82, 2.24) is 0 Å². The molecule has 29 heteroatoms. The molecule has 0 rings (SSSR count). The molecule has 1 nitrogen and oxygen atoms in total. The largest absolute Gasteiger partial charge is 0.460 e. The van der Waals surface area contributed by atoms with E-state index in [1.54, 1.807) is 0 Å². The SMILES string of the molecule is FC(F)(F)C(F)(F)C(F)(F)C(F)(F)C(F)(F)C(F)(F)SOSC(F)(F)C(F)(F)C(F)(F)C(F)(F)C(F)(F)C(F)(F)F. The molecule has 0 fully saturated rings. The van der Waals surface area contributed by atoms with Crippen LogP contribution < -0.4 is 0 Å². The molecule has 0 aliphatic rings. The van der Waals surface area contributed by atoms with Crippen molar-refractivity contribution < 1.29 is 118 Å². The Labute approximate surface area is 213 Å². The Kier molecular flexibility index (Phi) is 9.91. The molecule has 0 aliphatic carbocycles. The molecule has 41 heavy (non-hydrogen) atoms. The second-order valence-electron chi connectivity index (χ2n) is 6.86. The standard InChI is InChI=1S/C12F26OS2/c13-1(14,5(21,22)9(29,30)31)3(17,18)7(25,26)11(35,36)40-39-41-12(37,38)8(27,28)4(19,20)2(15,16)6(23,24)10(32,33)34. The van der Waals surface area contributed by atoms with E-state index in [4.69, 9.17) is 0 Å². The Balaban J connectivity index is 6.28. The van der Waals surface area contributed by atoms with Crippen molar-refractivity contribution in [2.75, 3.05) is 0 Å². The average Bonchev–Trinajstić information content (AvgIpc) is 2.70. The quantitative estimate of drug-likeness (QED) is 0.147. The van der Waals surface area contributed by atoms with E-state index in [0.717, 1.165) is 0 Å². The zero-order chi connectivity index (χ0) is 34.1. The third-order valence-electron chi connectivity index (χ3n) is 4.09. The summed E-state index contributed by atoms with van der Waals surface area (Å²) in [6.45, 7) is 0. The maximum absolute atomic E-state index is 13.3. The highest BCUT2D eigenvalue weighted by Gasteiger charge is 2.93. The Morgan fingerprint density at radius 3 is 0.585 bits per heavy atom. The van der Waals surface area contributed by atoms with E-state index < -0.39 is 94.3 Å². The molecular weight excluding hydrogens is 718 g/mol. The van der Waals surface area contributed by atoms with Crippen LogP contribution in [0.15, 0.2) is 0 Å². The van der Waals surface area contributed by atoms with E-state index in [0.29, 0.717) is 0 Å². The van der Waals surface area contributed by atoms with Gasteiger partial charge in [-0.05, 0) is 0 Å². The summed E-state index contributed by atoms with van der Waals surface area (Å²) in [6, 6.07) is 0. The lowest BCUT2D eigenvalue weighted by atomic mass is 9.98. The lowest BCUT2D eigenvalue weighted by Crippen LogP contribution is -2.69. The van der Waals surface area contributed by atoms with Crippen LogP contribution in [0.1, 0.15) is 0 Å². The van der Waals surface area contributed by atoms with Gasteiger partial charge in [-0.15, -0.1) is 0 Å². The molecule has 0 aliphatic heterocycles. The first-order valence-electron chi connectivity index (χ1n) is 8.16. The van der Waals surface area contributed by atoms with Gasteiger partial charge in [-0.2, -0.15) is 114 Å². The molecule has 0 saturated heterocycles. The zero-order valence-electron chi connectivity index (χ0n) is 17.1. The van der Waals surface area contributed by atoms with Crippen molar-refractivity contribution in [3.05, 3.63) is 0 Å². The van der Waals surface area contributed by atoms with E-state index in [-0.39, 0.29) is 0 Å². The van der Waals surface area contributed by atoms with Crippen LogP contribution in [0.25, 0.3) is 0 Å². The van der Waals surface area contributed by atoms with Crippen LogP contribution in [0.4, 0.5) is 114 Å². The third-order valence-corrected chi connectivity index (χ3v) is 5.56. The highest BCUT2D eigenvalue weighted by atomic mass is 32.2. The number of alkyl halides is 26. The van der Waals surface area contributed by atoms with Gasteiger partial charge in [0.2, 0.25) is 0 Å². The molecule has 0 heterocycles. The number of halogens is 26. The summed E-state index contributed by atoms with van der Waals surface area (Å²) < 4.78 is 335. The molecule has 0 bridgehead atoms. The highest BCUT2D eigenvalue weighted by molar-refractivity contribution is 8.08. The van der Waals surface area contributed by atoms with Gasteiger partial charge < -0.3 is 0 Å². The van der Waals surface area contributed by atoms with Crippen molar-refractivity contribution in [2.45, 2.75) is 70.2 Å². The molecule has 0 radical (unpaired) electrons. The van der Waals surface area contributed by atoms with Crippen LogP contribution in [-0.2, 0) is 3.63 Å². The second kappa shape index (κ2) is 10.2. The van der Waals surface area contributed by atoms with Crippen molar-refractivity contribution >= 4 is 24.1 Å². The Morgan fingerprint density at radius 1 is 0.244 bits per heavy atom. The van der Waals surface area contributed by atoms with Gasteiger partial charge in [0.25, 0.3) is 0 Å². The summed E-state index contributed by atoms with van der Waals surface area (Å²) in [4.78, 5) is 0. The van der Waals surface area contributed by atoms with Crippen LogP contribution in [0, 0.1) is 0 Å². The smallest absolute Gasteiger partial charge is 0.235 e. The second-order valence-corrected chi connectivity index (χ2v) is 8.76. The molecule has 0 atom stereocenters. The van der Waals surface area contributed by atoms with Crippen molar-refractivity contribution in [3.63, 3.8) is 0 Å². The van der Waals surface area contributed by atoms with Crippen LogP contribution >= 0.6 is 24.1 Å². The summed E-state index contributed by atoms with van der Waals surface area (Å²) >= 11 is -6.63. The lowest BCUT2D eigenvalue weighted by Gasteiger charge is -2.39. The van der Waals surface area contributed by atoms with Gasteiger partial charge in [-0.3, -0.25) is 0 Å². The Hall–Kier alpha value is -1.16. The van der Waals surface area contributed by atoms with Crippen LogP contribution in [-0.4, -0.2) is 70.2 Å². The third kappa shape index (κ3) is 5.62. The summed E-state index contributed by atoms with van der Waals surface area (Å²) in [5, 5.41) is -15.1. The molecule has 0 N–H and O–H groups in total. The molecule has 0 aromatic rings. The summed E-state index contributed by atoms with van der Waals surface area (Å²) in [6.07, 6.45) is -15.8. The molecule has 0 aromatic carbocycles. The van der Waals surface area contributed by atoms with Gasteiger partial charge in [-0.1, -0.05) is 0 Å². The van der Waals surface area contributed by atoms with E-state index in [1.807, 2.05) is 0 Å². The van der Waals surface area contributed by atoms with E-state index in [9.17, 15) is 114 Å². The molecule has 0 amide bonds. The molecule has 0 saturated carbocycles. The summed E-state index contributed by atoms with van der Waals surface area (Å²) in [5.41, 5.74) is 0. The van der Waals surface area contributed by atoms with Crippen molar-refractivity contribution in [2.24, 2.45) is 0 Å². The van der Waals surface area contributed by atoms with E-state index in [1.165, 1.54) is 0 Å². The van der Waals surface area contributed by atoms with Crippen LogP contribution in [0.2, 0.25) is 0 Å². The number of hydrogen-bond acceptors (Lipinski definition) is 3. The molecular formula is C12F26OS2. The summed E-state index contributed by atoms with van der Waals surface area (Å²) in [5.74, 6) is -67.6. The van der Waals surface area contributed by atoms with Crippen molar-refractivity contribution in [1.29, 1.82) is 0 Å². The fourth-order valence-corrected chi connectivity index (χ4v) is 3.00. The summed E-state index contributed by atoms with van der Waals surface area (Å²) in [7, 11) is 0. The lowest BCUT2D eigenvalue weighted by molar-refractivity contribution is -0.433. The van der Waals surface area contributed by atoms with Gasteiger partial charge >= 0.3 is 70.2 Å². The van der Waals surface area contributed by atoms with Crippen molar-refractivity contribution in [3.8, 4) is 0 Å². The fraction of sp³-hybridized carbons (Fsp3) is 1.00. The molecule has 0 unspecified atom stereocenters. The average molecular weight is 718 g/mol. The van der Waals surface area contributed by atoms with E-state index in [2.05, 4.69) is 3.63 Å². The topological polar surface area (TPSA) is 9.23 Å². The van der Waals surface area contributed by atoms with E-state index >= 15 is 0 Å². The van der Waals surface area contributed by atoms with Crippen LogP contribution in [0.3, 0.4) is 0 Å². The van der Waals surface area contributed by atoms with Gasteiger partial charge in [0.15, 0.2) is 0 Å². The molecule has 248 valence electrons. The minimum atomic E-state index is -8.60. The van der Waals surface area contributed by atoms with Gasteiger partial charge in [0.05, 0.1) is 24.1 Å². The maximum Gasteiger partial charge on any atom is 0.460 e. The minimum Gasteiger partial charge on any atom is -0.235 e. The maximum atomic E-state index is 13.3. The predicted molar refractivity (Wildman–Crippen MR) is 77.8 cm³/mol. The Morgan fingerprint density at radius 2 is 0.415 bits per heavy atom. The fourth-order valence-electron chi connectivity index (χ4n) is 1.72. The minimum absolute atomic E-state index is 2.25. The number of rotatable bonds is 12. The number of hydrogen-bond donors (Lipinski definition) is 0. The zero-order valence-corrected chi connectivity index (χ0v) is 18.7. The molecule has 0 aromatic heterocycles. The highest BCUT2D eigenvalue weighted by Crippen LogP contribution is 2.65. The predicted octanol–water partition coefficient (Wildman–Crippen LogP) is 9.69. The normalized spacial score (nSPS) is 16.8. The first kappa shape index (κ1) is 39.8. The van der Waals surface area contributed by atoms with Crippen LogP contribution in [0.5, 0.6) is 0 Å². The van der Waals surface area contributed by atoms with Gasteiger partial charge in [0.1, 0.15) is 0 Å². The van der Waals surface area contributed by atoms with Gasteiger partial charge in [0, 0.05) is 0 Å². The Bertz CT molecular complexity index is 854. The molecule has 0 spiro atoms. The first-order valence-corrected chi connectivity index (χ1v) is 9.64. The monoisotopic (exact) mass is 718 g/mol. The van der Waals surface area contributed by atoms with Gasteiger partial charge in [-0.25, -0.2) is 3.63 Å². The first-order chi connectivity index (χ1) is 17.2.